The Kier molecular flexibility index (Phi) is 3.62. The SMILES string of the molecule is CCc1nnc(CSc2ccc(C)cc2)o1. The summed E-state index contributed by atoms with van der Waals surface area (Å²) in [7, 11) is 0. The van der Waals surface area contributed by atoms with Gasteiger partial charge in [-0.3, -0.25) is 0 Å². The first-order valence-corrected chi connectivity index (χ1v) is 6.27. The molecule has 2 rings (SSSR count). The molecule has 0 amide bonds. The number of aromatic nitrogens is 2. The van der Waals surface area contributed by atoms with Crippen molar-refractivity contribution < 1.29 is 4.42 Å². The summed E-state index contributed by atoms with van der Waals surface area (Å²) in [5.41, 5.74) is 1.27. The van der Waals surface area contributed by atoms with Crippen LogP contribution in [0, 0.1) is 6.92 Å². The van der Waals surface area contributed by atoms with E-state index in [1.807, 2.05) is 6.92 Å². The van der Waals surface area contributed by atoms with Gasteiger partial charge in [0.1, 0.15) is 0 Å². The lowest BCUT2D eigenvalue weighted by Crippen LogP contribution is -1.80. The molecule has 0 aliphatic carbocycles. The van der Waals surface area contributed by atoms with Gasteiger partial charge < -0.3 is 4.42 Å². The van der Waals surface area contributed by atoms with Crippen LogP contribution in [0.2, 0.25) is 0 Å². The monoisotopic (exact) mass is 234 g/mol. The second-order valence-electron chi connectivity index (χ2n) is 3.54. The first kappa shape index (κ1) is 11.2. The lowest BCUT2D eigenvalue weighted by Gasteiger charge is -1.98. The molecule has 0 saturated carbocycles. The van der Waals surface area contributed by atoms with Gasteiger partial charge in [0.25, 0.3) is 0 Å². The van der Waals surface area contributed by atoms with Crippen molar-refractivity contribution in [3.05, 3.63) is 41.6 Å². The van der Waals surface area contributed by atoms with Crippen LogP contribution >= 0.6 is 11.8 Å². The number of aryl methyl sites for hydroxylation is 2. The fraction of sp³-hybridized carbons (Fsp3) is 0.333. The number of hydrogen-bond donors (Lipinski definition) is 0. The molecule has 0 saturated heterocycles. The van der Waals surface area contributed by atoms with E-state index in [0.29, 0.717) is 11.8 Å². The molecule has 0 spiro atoms. The molecule has 0 bridgehead atoms. The third-order valence-corrected chi connectivity index (χ3v) is 3.19. The van der Waals surface area contributed by atoms with E-state index < -0.39 is 0 Å². The maximum Gasteiger partial charge on any atom is 0.226 e. The smallest absolute Gasteiger partial charge is 0.226 e. The summed E-state index contributed by atoms with van der Waals surface area (Å²) in [6.07, 6.45) is 0.794. The third-order valence-electron chi connectivity index (χ3n) is 2.19. The van der Waals surface area contributed by atoms with Crippen molar-refractivity contribution in [3.63, 3.8) is 0 Å². The minimum absolute atomic E-state index is 0.697. The molecule has 0 unspecified atom stereocenters. The summed E-state index contributed by atoms with van der Waals surface area (Å²) in [5, 5.41) is 7.91. The zero-order chi connectivity index (χ0) is 11.4. The van der Waals surface area contributed by atoms with E-state index in [1.165, 1.54) is 10.5 Å². The van der Waals surface area contributed by atoms with Gasteiger partial charge in [0, 0.05) is 11.3 Å². The van der Waals surface area contributed by atoms with Gasteiger partial charge in [-0.1, -0.05) is 24.6 Å². The van der Waals surface area contributed by atoms with E-state index >= 15 is 0 Å². The summed E-state index contributed by atoms with van der Waals surface area (Å²) >= 11 is 1.71. The van der Waals surface area contributed by atoms with E-state index in [9.17, 15) is 0 Å². The van der Waals surface area contributed by atoms with E-state index in [2.05, 4.69) is 41.4 Å². The standard InChI is InChI=1S/C12H14N2OS/c1-3-11-13-14-12(15-11)8-16-10-6-4-9(2)5-7-10/h4-7H,3,8H2,1-2H3. The summed E-state index contributed by atoms with van der Waals surface area (Å²) < 4.78 is 5.44. The molecule has 1 heterocycles. The van der Waals surface area contributed by atoms with Crippen LogP contribution in [0.25, 0.3) is 0 Å². The number of thioether (sulfide) groups is 1. The Bertz CT molecular complexity index is 450. The van der Waals surface area contributed by atoms with E-state index in [1.54, 1.807) is 11.8 Å². The van der Waals surface area contributed by atoms with Crippen molar-refractivity contribution in [2.45, 2.75) is 30.9 Å². The first-order valence-electron chi connectivity index (χ1n) is 5.28. The molecular weight excluding hydrogens is 220 g/mol. The molecule has 0 N–H and O–H groups in total. The minimum atomic E-state index is 0.697. The quantitative estimate of drug-likeness (QED) is 0.761. The second-order valence-corrected chi connectivity index (χ2v) is 4.59. The van der Waals surface area contributed by atoms with Crippen LogP contribution < -0.4 is 0 Å². The fourth-order valence-corrected chi connectivity index (χ4v) is 2.00. The highest BCUT2D eigenvalue weighted by atomic mass is 32.2. The molecule has 16 heavy (non-hydrogen) atoms. The summed E-state index contributed by atoms with van der Waals surface area (Å²) in [6, 6.07) is 8.43. The number of hydrogen-bond acceptors (Lipinski definition) is 4. The molecule has 0 fully saturated rings. The Morgan fingerprint density at radius 3 is 2.44 bits per heavy atom. The van der Waals surface area contributed by atoms with Crippen LogP contribution in [0.4, 0.5) is 0 Å². The lowest BCUT2D eigenvalue weighted by atomic mass is 10.2. The molecule has 3 nitrogen and oxygen atoms in total. The van der Waals surface area contributed by atoms with Crippen molar-refractivity contribution in [1.29, 1.82) is 0 Å². The minimum Gasteiger partial charge on any atom is -0.424 e. The van der Waals surface area contributed by atoms with Crippen LogP contribution in [-0.4, -0.2) is 10.2 Å². The van der Waals surface area contributed by atoms with Crippen LogP contribution in [0.1, 0.15) is 24.3 Å². The molecule has 0 aliphatic heterocycles. The Balaban J connectivity index is 1.94. The van der Waals surface area contributed by atoms with Gasteiger partial charge in [-0.25, -0.2) is 0 Å². The van der Waals surface area contributed by atoms with Crippen LogP contribution in [0.5, 0.6) is 0 Å². The highest BCUT2D eigenvalue weighted by Gasteiger charge is 2.04. The van der Waals surface area contributed by atoms with Crippen molar-refractivity contribution in [2.75, 3.05) is 0 Å². The third kappa shape index (κ3) is 2.85. The molecule has 0 radical (unpaired) electrons. The highest BCUT2D eigenvalue weighted by molar-refractivity contribution is 7.98. The first-order chi connectivity index (χ1) is 7.78. The van der Waals surface area contributed by atoms with E-state index in [-0.39, 0.29) is 0 Å². The average molecular weight is 234 g/mol. The average Bonchev–Trinajstić information content (AvgIpc) is 2.76. The van der Waals surface area contributed by atoms with Gasteiger partial charge in [0.15, 0.2) is 0 Å². The summed E-state index contributed by atoms with van der Waals surface area (Å²) in [4.78, 5) is 1.22. The molecule has 2 aromatic rings. The maximum atomic E-state index is 5.44. The normalized spacial score (nSPS) is 10.6. The molecule has 84 valence electrons. The zero-order valence-corrected chi connectivity index (χ0v) is 10.3. The van der Waals surface area contributed by atoms with Gasteiger partial charge in [-0.05, 0) is 19.1 Å². The highest BCUT2D eigenvalue weighted by Crippen LogP contribution is 2.22. The van der Waals surface area contributed by atoms with Crippen molar-refractivity contribution >= 4 is 11.8 Å². The number of benzene rings is 1. The van der Waals surface area contributed by atoms with E-state index in [0.717, 1.165) is 12.2 Å². The Morgan fingerprint density at radius 1 is 1.12 bits per heavy atom. The largest absolute Gasteiger partial charge is 0.424 e. The van der Waals surface area contributed by atoms with Crippen LogP contribution in [0.3, 0.4) is 0 Å². The van der Waals surface area contributed by atoms with Crippen molar-refractivity contribution in [1.82, 2.24) is 10.2 Å². The molecule has 1 aromatic heterocycles. The van der Waals surface area contributed by atoms with Gasteiger partial charge >= 0.3 is 0 Å². The zero-order valence-electron chi connectivity index (χ0n) is 9.43. The van der Waals surface area contributed by atoms with Crippen LogP contribution in [-0.2, 0) is 12.2 Å². The summed E-state index contributed by atoms with van der Waals surface area (Å²) in [6.45, 7) is 4.09. The Hall–Kier alpha value is -1.29. The molecule has 4 heteroatoms. The van der Waals surface area contributed by atoms with E-state index in [4.69, 9.17) is 4.42 Å². The van der Waals surface area contributed by atoms with Gasteiger partial charge in [0.05, 0.1) is 5.75 Å². The fourth-order valence-electron chi connectivity index (χ4n) is 1.27. The van der Waals surface area contributed by atoms with Crippen molar-refractivity contribution in [3.8, 4) is 0 Å². The predicted molar refractivity (Wildman–Crippen MR) is 64.4 cm³/mol. The molecular formula is C12H14N2OS. The second kappa shape index (κ2) is 5.16. The molecule has 0 aliphatic rings. The number of nitrogens with zero attached hydrogens (tertiary/aromatic N) is 2. The van der Waals surface area contributed by atoms with Crippen molar-refractivity contribution in [2.24, 2.45) is 0 Å². The Labute approximate surface area is 99.3 Å². The maximum absolute atomic E-state index is 5.44. The Morgan fingerprint density at radius 2 is 1.81 bits per heavy atom. The predicted octanol–water partition coefficient (Wildman–Crippen LogP) is 3.23. The van der Waals surface area contributed by atoms with Gasteiger partial charge in [0.2, 0.25) is 11.8 Å². The molecule has 0 atom stereocenters. The number of rotatable bonds is 4. The van der Waals surface area contributed by atoms with Gasteiger partial charge in [-0.2, -0.15) is 0 Å². The topological polar surface area (TPSA) is 38.9 Å². The van der Waals surface area contributed by atoms with Crippen LogP contribution in [0.15, 0.2) is 33.6 Å². The summed E-state index contributed by atoms with van der Waals surface area (Å²) in [5.74, 6) is 2.14. The molecule has 1 aromatic carbocycles. The van der Waals surface area contributed by atoms with Gasteiger partial charge in [-0.15, -0.1) is 22.0 Å². The lowest BCUT2D eigenvalue weighted by molar-refractivity contribution is 0.470.